The first-order chi connectivity index (χ1) is 6.05. The predicted molar refractivity (Wildman–Crippen MR) is 50.6 cm³/mol. The van der Waals surface area contributed by atoms with Gasteiger partial charge < -0.3 is 0 Å². The number of hydrogen-bond acceptors (Lipinski definition) is 1. The molecule has 4 heteroatoms. The highest BCUT2D eigenvalue weighted by Gasteiger charge is 2.45. The van der Waals surface area contributed by atoms with Crippen LogP contribution in [0.4, 0.5) is 8.78 Å². The Morgan fingerprint density at radius 1 is 1.62 bits per heavy atom. The standard InChI is InChI=1S/C9H12ClF2N/c1-7(2-3-13-6-10)8-4-9(11,12)5-8/h2-3,8H,4-6H2,1H3/b7-2+,13-3?. The molecule has 0 amide bonds. The van der Waals surface area contributed by atoms with Crippen molar-refractivity contribution < 1.29 is 8.78 Å². The molecule has 1 aliphatic rings. The van der Waals surface area contributed by atoms with E-state index in [9.17, 15) is 8.78 Å². The minimum absolute atomic E-state index is 0.0238. The van der Waals surface area contributed by atoms with Crippen LogP contribution in [0.15, 0.2) is 16.6 Å². The van der Waals surface area contributed by atoms with Crippen LogP contribution in [0.5, 0.6) is 0 Å². The molecule has 0 aromatic rings. The van der Waals surface area contributed by atoms with Crippen molar-refractivity contribution in [2.45, 2.75) is 25.7 Å². The first-order valence-electron chi connectivity index (χ1n) is 4.15. The maximum atomic E-state index is 12.5. The smallest absolute Gasteiger partial charge is 0.249 e. The molecule has 1 nitrogen and oxygen atoms in total. The molecular weight excluding hydrogens is 196 g/mol. The van der Waals surface area contributed by atoms with E-state index in [1.807, 2.05) is 6.92 Å². The Morgan fingerprint density at radius 3 is 2.69 bits per heavy atom. The summed E-state index contributed by atoms with van der Waals surface area (Å²) in [6.07, 6.45) is 3.27. The van der Waals surface area contributed by atoms with Crippen LogP contribution >= 0.6 is 11.6 Å². The maximum Gasteiger partial charge on any atom is 0.249 e. The first kappa shape index (κ1) is 10.6. The van der Waals surface area contributed by atoms with Crippen molar-refractivity contribution in [1.82, 2.24) is 0 Å². The Bertz CT molecular complexity index is 228. The van der Waals surface area contributed by atoms with Gasteiger partial charge in [0.15, 0.2) is 0 Å². The fourth-order valence-corrected chi connectivity index (χ4v) is 1.41. The summed E-state index contributed by atoms with van der Waals surface area (Å²) in [5.41, 5.74) is 0.958. The topological polar surface area (TPSA) is 12.4 Å². The summed E-state index contributed by atoms with van der Waals surface area (Å²) in [6.45, 7) is 1.85. The third-order valence-corrected chi connectivity index (χ3v) is 2.38. The molecular formula is C9H12ClF2N. The van der Waals surface area contributed by atoms with Gasteiger partial charge in [0.05, 0.1) is 0 Å². The average Bonchev–Trinajstić information content (AvgIpc) is 2.00. The largest absolute Gasteiger partial charge is 0.277 e. The van der Waals surface area contributed by atoms with Gasteiger partial charge >= 0.3 is 0 Å². The normalized spacial score (nSPS) is 23.5. The van der Waals surface area contributed by atoms with Crippen molar-refractivity contribution >= 4 is 17.8 Å². The Labute approximate surface area is 81.5 Å². The van der Waals surface area contributed by atoms with Crippen molar-refractivity contribution in [3.63, 3.8) is 0 Å². The molecule has 0 atom stereocenters. The van der Waals surface area contributed by atoms with Gasteiger partial charge in [0, 0.05) is 19.1 Å². The number of hydrogen-bond donors (Lipinski definition) is 0. The van der Waals surface area contributed by atoms with Crippen LogP contribution in [0.3, 0.4) is 0 Å². The summed E-state index contributed by atoms with van der Waals surface area (Å²) in [5.74, 6) is -2.42. The SMILES string of the molecule is C/C(=C\C=NCCl)C1CC(F)(F)C1. The molecule has 0 radical (unpaired) electrons. The van der Waals surface area contributed by atoms with Crippen LogP contribution in [0.25, 0.3) is 0 Å². The van der Waals surface area contributed by atoms with Gasteiger partial charge in [-0.05, 0) is 18.9 Å². The molecule has 0 heterocycles. The summed E-state index contributed by atoms with van der Waals surface area (Å²) in [7, 11) is 0. The predicted octanol–water partition coefficient (Wildman–Crippen LogP) is 3.25. The van der Waals surface area contributed by atoms with Crippen molar-refractivity contribution in [2.24, 2.45) is 10.9 Å². The van der Waals surface area contributed by atoms with Crippen LogP contribution in [0.1, 0.15) is 19.8 Å². The van der Waals surface area contributed by atoms with Crippen LogP contribution in [-0.4, -0.2) is 18.1 Å². The summed E-state index contributed by atoms with van der Waals surface area (Å²) >= 11 is 5.31. The van der Waals surface area contributed by atoms with Gasteiger partial charge in [-0.1, -0.05) is 5.57 Å². The maximum absolute atomic E-state index is 12.5. The van der Waals surface area contributed by atoms with Crippen molar-refractivity contribution in [1.29, 1.82) is 0 Å². The lowest BCUT2D eigenvalue weighted by Gasteiger charge is -2.35. The summed E-state index contributed by atoms with van der Waals surface area (Å²) in [4.78, 5) is 3.77. The highest BCUT2D eigenvalue weighted by molar-refractivity contribution is 6.18. The summed E-state index contributed by atoms with van der Waals surface area (Å²) < 4.78 is 24.9. The van der Waals surface area contributed by atoms with Gasteiger partial charge in [0.1, 0.15) is 6.00 Å². The molecule has 0 unspecified atom stereocenters. The first-order valence-corrected chi connectivity index (χ1v) is 4.69. The number of halogens is 3. The molecule has 1 saturated carbocycles. The van der Waals surface area contributed by atoms with Crippen molar-refractivity contribution in [2.75, 3.05) is 6.00 Å². The molecule has 0 N–H and O–H groups in total. The number of aliphatic imine (C=N–C) groups is 1. The van der Waals surface area contributed by atoms with E-state index in [0.29, 0.717) is 0 Å². The second-order valence-electron chi connectivity index (χ2n) is 3.32. The van der Waals surface area contributed by atoms with Gasteiger partial charge in [-0.2, -0.15) is 0 Å². The molecule has 0 aromatic carbocycles. The van der Waals surface area contributed by atoms with Crippen molar-refractivity contribution in [3.05, 3.63) is 11.6 Å². The van der Waals surface area contributed by atoms with E-state index in [-0.39, 0.29) is 24.8 Å². The summed E-state index contributed by atoms with van der Waals surface area (Å²) in [5, 5.41) is 0. The number of allylic oxidation sites excluding steroid dienone is 2. The Hall–Kier alpha value is -0.440. The number of nitrogens with zero attached hydrogens (tertiary/aromatic N) is 1. The third-order valence-electron chi connectivity index (χ3n) is 2.25. The molecule has 0 saturated heterocycles. The summed E-state index contributed by atoms with van der Waals surface area (Å²) in [6, 6.07) is 0.213. The molecule has 0 spiro atoms. The molecule has 1 aliphatic carbocycles. The molecule has 13 heavy (non-hydrogen) atoms. The third kappa shape index (κ3) is 3.07. The fraction of sp³-hybridized carbons (Fsp3) is 0.667. The fourth-order valence-electron chi connectivity index (χ4n) is 1.33. The number of rotatable bonds is 3. The van der Waals surface area contributed by atoms with Gasteiger partial charge in [0.2, 0.25) is 5.92 Å². The van der Waals surface area contributed by atoms with Gasteiger partial charge in [-0.25, -0.2) is 8.78 Å². The highest BCUT2D eigenvalue weighted by Crippen LogP contribution is 2.45. The van der Waals surface area contributed by atoms with Gasteiger partial charge in [-0.15, -0.1) is 11.6 Å². The van der Waals surface area contributed by atoms with Gasteiger partial charge in [-0.3, -0.25) is 4.99 Å². The van der Waals surface area contributed by atoms with Crippen LogP contribution in [0, 0.1) is 5.92 Å². The second-order valence-corrected chi connectivity index (χ2v) is 3.56. The quantitative estimate of drug-likeness (QED) is 0.383. The minimum atomic E-state index is -2.44. The lowest BCUT2D eigenvalue weighted by atomic mass is 9.77. The zero-order valence-corrected chi connectivity index (χ0v) is 8.19. The van der Waals surface area contributed by atoms with E-state index in [2.05, 4.69) is 4.99 Å². The van der Waals surface area contributed by atoms with E-state index in [1.54, 1.807) is 12.3 Å². The Balaban J connectivity index is 2.38. The molecule has 0 bridgehead atoms. The Morgan fingerprint density at radius 2 is 2.23 bits per heavy atom. The van der Waals surface area contributed by atoms with Gasteiger partial charge in [0.25, 0.3) is 0 Å². The lowest BCUT2D eigenvalue weighted by molar-refractivity contribution is -0.0992. The highest BCUT2D eigenvalue weighted by atomic mass is 35.5. The molecule has 74 valence electrons. The van der Waals surface area contributed by atoms with E-state index in [0.717, 1.165) is 5.57 Å². The Kier molecular flexibility index (Phi) is 3.42. The van der Waals surface area contributed by atoms with Crippen molar-refractivity contribution in [3.8, 4) is 0 Å². The zero-order chi connectivity index (χ0) is 9.90. The van der Waals surface area contributed by atoms with Crippen LogP contribution in [-0.2, 0) is 0 Å². The monoisotopic (exact) mass is 207 g/mol. The van der Waals surface area contributed by atoms with E-state index in [4.69, 9.17) is 11.6 Å². The van der Waals surface area contributed by atoms with E-state index in [1.165, 1.54) is 0 Å². The number of alkyl halides is 3. The molecule has 0 aliphatic heterocycles. The van der Waals surface area contributed by atoms with E-state index < -0.39 is 5.92 Å². The van der Waals surface area contributed by atoms with Crippen LogP contribution < -0.4 is 0 Å². The molecule has 0 aromatic heterocycles. The van der Waals surface area contributed by atoms with Crippen LogP contribution in [0.2, 0.25) is 0 Å². The lowest BCUT2D eigenvalue weighted by Crippen LogP contribution is -2.35. The average molecular weight is 208 g/mol. The van der Waals surface area contributed by atoms with E-state index >= 15 is 0 Å². The molecule has 1 fully saturated rings. The minimum Gasteiger partial charge on any atom is -0.277 e. The second kappa shape index (κ2) is 4.18. The molecule has 1 rings (SSSR count). The zero-order valence-electron chi connectivity index (χ0n) is 7.43.